The van der Waals surface area contributed by atoms with Gasteiger partial charge in [0.15, 0.2) is 10.9 Å². The number of aliphatic carboxylic acids is 1. The molecule has 0 aromatic carbocycles. The van der Waals surface area contributed by atoms with Crippen LogP contribution in [0.4, 0.5) is 0 Å². The van der Waals surface area contributed by atoms with Crippen molar-refractivity contribution in [2.45, 2.75) is 11.2 Å². The molecule has 1 fully saturated rings. The number of carbonyl (C=O) groups is 2. The van der Waals surface area contributed by atoms with E-state index in [1.165, 1.54) is 29.9 Å². The van der Waals surface area contributed by atoms with Gasteiger partial charge in [-0.3, -0.25) is 9.59 Å². The van der Waals surface area contributed by atoms with Crippen LogP contribution < -0.4 is 0 Å². The number of ether oxygens (including phenoxy) is 1. The minimum Gasteiger partial charge on any atom is -0.481 e. The molecule has 0 bridgehead atoms. The Hall–Kier alpha value is -1.38. The molecule has 2 rings (SSSR count). The highest BCUT2D eigenvalue weighted by molar-refractivity contribution is 7.98. The van der Waals surface area contributed by atoms with Gasteiger partial charge in [-0.05, 0) is 6.26 Å². The molecule has 1 aliphatic rings. The van der Waals surface area contributed by atoms with Crippen molar-refractivity contribution in [3.63, 3.8) is 0 Å². The summed E-state index contributed by atoms with van der Waals surface area (Å²) in [6, 6.07) is -0.543. The summed E-state index contributed by atoms with van der Waals surface area (Å²) < 4.78 is 5.17. The highest BCUT2D eigenvalue weighted by Gasteiger charge is 2.39. The maximum Gasteiger partial charge on any atom is 0.311 e. The number of thioether (sulfide) groups is 1. The van der Waals surface area contributed by atoms with Crippen molar-refractivity contribution in [1.29, 1.82) is 0 Å². The Morgan fingerprint density at radius 3 is 2.86 bits per heavy atom. The van der Waals surface area contributed by atoms with Gasteiger partial charge in [0.1, 0.15) is 5.92 Å². The van der Waals surface area contributed by atoms with Gasteiger partial charge in [-0.1, -0.05) is 23.4 Å². The molecule has 1 amide bonds. The second kappa shape index (κ2) is 6.59. The summed E-state index contributed by atoms with van der Waals surface area (Å²) in [6.07, 6.45) is 3.15. The second-order valence-electron chi connectivity index (χ2n) is 4.52. The number of likely N-dealkylation sites (N-methyl/N-ethyl adjacent to an activating group) is 1. The molecule has 0 spiro atoms. The zero-order valence-corrected chi connectivity index (χ0v) is 13.0. The molecule has 0 saturated carbocycles. The van der Waals surface area contributed by atoms with E-state index in [0.717, 1.165) is 0 Å². The van der Waals surface area contributed by atoms with Crippen LogP contribution in [0.1, 0.15) is 10.5 Å². The average molecular weight is 332 g/mol. The Kier molecular flexibility index (Phi) is 5.02. The predicted octanol–water partition coefficient (Wildman–Crippen LogP) is 1.02. The molecule has 2 heterocycles. The first kappa shape index (κ1) is 16.0. The van der Waals surface area contributed by atoms with Crippen LogP contribution in [0.2, 0.25) is 5.02 Å². The Balaban J connectivity index is 2.25. The van der Waals surface area contributed by atoms with E-state index >= 15 is 0 Å². The molecular weight excluding hydrogens is 318 g/mol. The van der Waals surface area contributed by atoms with E-state index in [0.29, 0.717) is 5.16 Å². The van der Waals surface area contributed by atoms with Crippen LogP contribution in [-0.2, 0) is 9.53 Å². The summed E-state index contributed by atoms with van der Waals surface area (Å²) in [6.45, 7) is 0.266. The van der Waals surface area contributed by atoms with E-state index in [2.05, 4.69) is 9.97 Å². The van der Waals surface area contributed by atoms with Crippen molar-refractivity contribution in [3.8, 4) is 0 Å². The fourth-order valence-corrected chi connectivity index (χ4v) is 2.59. The molecule has 2 unspecified atom stereocenters. The van der Waals surface area contributed by atoms with E-state index in [9.17, 15) is 9.59 Å². The first-order chi connectivity index (χ1) is 9.95. The highest BCUT2D eigenvalue weighted by Crippen LogP contribution is 2.23. The second-order valence-corrected chi connectivity index (χ2v) is 5.70. The minimum atomic E-state index is -0.990. The lowest BCUT2D eigenvalue weighted by molar-refractivity contribution is -0.142. The zero-order valence-electron chi connectivity index (χ0n) is 11.4. The lowest BCUT2D eigenvalue weighted by atomic mass is 10.0. The number of nitrogens with zero attached hydrogens (tertiary/aromatic N) is 3. The summed E-state index contributed by atoms with van der Waals surface area (Å²) in [5.41, 5.74) is 0.0644. The maximum atomic E-state index is 12.5. The summed E-state index contributed by atoms with van der Waals surface area (Å²) in [7, 11) is 1.52. The molecule has 1 aliphatic heterocycles. The molecule has 1 aromatic rings. The first-order valence-corrected chi connectivity index (χ1v) is 7.70. The summed E-state index contributed by atoms with van der Waals surface area (Å²) in [4.78, 5) is 33.0. The van der Waals surface area contributed by atoms with Gasteiger partial charge in [-0.15, -0.1) is 0 Å². The van der Waals surface area contributed by atoms with E-state index in [1.54, 1.807) is 6.26 Å². The van der Waals surface area contributed by atoms with Gasteiger partial charge in [0.05, 0.1) is 30.5 Å². The Morgan fingerprint density at radius 1 is 1.52 bits per heavy atom. The van der Waals surface area contributed by atoms with Gasteiger partial charge in [0, 0.05) is 7.05 Å². The van der Waals surface area contributed by atoms with Gasteiger partial charge in [-0.2, -0.15) is 0 Å². The number of hydrogen-bond donors (Lipinski definition) is 1. The Morgan fingerprint density at radius 2 is 2.24 bits per heavy atom. The van der Waals surface area contributed by atoms with Crippen LogP contribution in [0, 0.1) is 5.92 Å². The largest absolute Gasteiger partial charge is 0.481 e. The number of aromatic nitrogens is 2. The molecule has 1 aromatic heterocycles. The molecule has 9 heteroatoms. The van der Waals surface area contributed by atoms with Crippen LogP contribution >= 0.6 is 23.4 Å². The molecule has 7 nitrogen and oxygen atoms in total. The molecule has 114 valence electrons. The van der Waals surface area contributed by atoms with Crippen LogP contribution in [0.15, 0.2) is 11.4 Å². The fourth-order valence-electron chi connectivity index (χ4n) is 2.08. The number of carboxylic acids is 1. The Bertz CT molecular complexity index is 571. The normalized spacial score (nSPS) is 21.3. The quantitative estimate of drug-likeness (QED) is 0.650. The van der Waals surface area contributed by atoms with Crippen LogP contribution in [0.25, 0.3) is 0 Å². The molecule has 0 aliphatic carbocycles. The van der Waals surface area contributed by atoms with Crippen LogP contribution in [0.5, 0.6) is 0 Å². The standard InChI is InChI=1S/C12H14ClN3O4S/c1-16(8-5-20-4-6(8)11(18)19)10(17)9-7(13)3-14-12(15-9)21-2/h3,6,8H,4-5H2,1-2H3,(H,18,19). The SMILES string of the molecule is CSc1ncc(Cl)c(C(=O)N(C)C2COCC2C(=O)O)n1. The average Bonchev–Trinajstić information content (AvgIpc) is 2.96. The molecule has 1 saturated heterocycles. The molecular formula is C12H14ClN3O4S. The number of halogens is 1. The number of carbonyl (C=O) groups excluding carboxylic acids is 1. The molecule has 2 atom stereocenters. The third kappa shape index (κ3) is 3.28. The third-order valence-electron chi connectivity index (χ3n) is 3.29. The monoisotopic (exact) mass is 331 g/mol. The van der Waals surface area contributed by atoms with Crippen LogP contribution in [-0.4, -0.2) is 64.4 Å². The summed E-state index contributed by atoms with van der Waals surface area (Å²) in [5.74, 6) is -2.19. The number of hydrogen-bond acceptors (Lipinski definition) is 6. The van der Waals surface area contributed by atoms with E-state index in [-0.39, 0.29) is 23.9 Å². The van der Waals surface area contributed by atoms with Gasteiger partial charge >= 0.3 is 5.97 Å². The lowest BCUT2D eigenvalue weighted by Crippen LogP contribution is -2.44. The number of rotatable bonds is 4. The van der Waals surface area contributed by atoms with Crippen molar-refractivity contribution in [1.82, 2.24) is 14.9 Å². The lowest BCUT2D eigenvalue weighted by Gasteiger charge is -2.26. The first-order valence-electron chi connectivity index (χ1n) is 6.10. The minimum absolute atomic E-state index is 0.0644. The molecule has 21 heavy (non-hydrogen) atoms. The van der Waals surface area contributed by atoms with Crippen molar-refractivity contribution in [2.24, 2.45) is 5.92 Å². The number of carboxylic acid groups (broad SMARTS) is 1. The summed E-state index contributed by atoms with van der Waals surface area (Å²) in [5, 5.41) is 9.71. The van der Waals surface area contributed by atoms with Gasteiger partial charge in [0.25, 0.3) is 5.91 Å². The van der Waals surface area contributed by atoms with Crippen molar-refractivity contribution in [3.05, 3.63) is 16.9 Å². The predicted molar refractivity (Wildman–Crippen MR) is 76.6 cm³/mol. The topological polar surface area (TPSA) is 92.6 Å². The van der Waals surface area contributed by atoms with Crippen molar-refractivity contribution >= 4 is 35.2 Å². The fraction of sp³-hybridized carbons (Fsp3) is 0.500. The highest BCUT2D eigenvalue weighted by atomic mass is 35.5. The maximum absolute atomic E-state index is 12.5. The smallest absolute Gasteiger partial charge is 0.311 e. The van der Waals surface area contributed by atoms with E-state index in [4.69, 9.17) is 21.4 Å². The zero-order chi connectivity index (χ0) is 15.6. The van der Waals surface area contributed by atoms with Gasteiger partial charge < -0.3 is 14.7 Å². The van der Waals surface area contributed by atoms with E-state index < -0.39 is 23.8 Å². The van der Waals surface area contributed by atoms with Gasteiger partial charge in [-0.25, -0.2) is 9.97 Å². The van der Waals surface area contributed by atoms with Crippen molar-refractivity contribution in [2.75, 3.05) is 26.5 Å². The third-order valence-corrected chi connectivity index (χ3v) is 4.13. The number of amides is 1. The molecule has 1 N–H and O–H groups in total. The van der Waals surface area contributed by atoms with Crippen LogP contribution in [0.3, 0.4) is 0 Å². The summed E-state index contributed by atoms with van der Waals surface area (Å²) >= 11 is 7.26. The van der Waals surface area contributed by atoms with Crippen molar-refractivity contribution < 1.29 is 19.4 Å². The molecule has 0 radical (unpaired) electrons. The van der Waals surface area contributed by atoms with E-state index in [1.807, 2.05) is 0 Å². The Labute approximate surface area is 130 Å². The van der Waals surface area contributed by atoms with Gasteiger partial charge in [0.2, 0.25) is 0 Å².